The summed E-state index contributed by atoms with van der Waals surface area (Å²) in [5.41, 5.74) is 0. The van der Waals surface area contributed by atoms with Gasteiger partial charge in [0.2, 0.25) is 0 Å². The van der Waals surface area contributed by atoms with Crippen LogP contribution in [-0.4, -0.2) is 24.1 Å². The fraction of sp³-hybridized carbons (Fsp3) is 1.00. The highest BCUT2D eigenvalue weighted by molar-refractivity contribution is 8.00. The summed E-state index contributed by atoms with van der Waals surface area (Å²) in [5.74, 6) is 1.04. The van der Waals surface area contributed by atoms with Gasteiger partial charge in [-0.05, 0) is 38.0 Å². The van der Waals surface area contributed by atoms with E-state index in [-0.39, 0.29) is 0 Å². The van der Waals surface area contributed by atoms with Crippen molar-refractivity contribution in [1.29, 1.82) is 0 Å². The first kappa shape index (κ1) is 13.7. The molecule has 0 aromatic heterocycles. The Morgan fingerprint density at radius 1 is 1.06 bits per heavy atom. The van der Waals surface area contributed by atoms with Crippen LogP contribution in [0.5, 0.6) is 0 Å². The summed E-state index contributed by atoms with van der Waals surface area (Å²) < 4.78 is 0.577. The van der Waals surface area contributed by atoms with E-state index < -0.39 is 0 Å². The highest BCUT2D eigenvalue weighted by Gasteiger charge is 2.30. The van der Waals surface area contributed by atoms with Gasteiger partial charge in [-0.2, -0.15) is 11.8 Å². The molecule has 0 amide bonds. The van der Waals surface area contributed by atoms with Crippen molar-refractivity contribution in [3.8, 4) is 0 Å². The molecule has 0 unspecified atom stereocenters. The predicted molar refractivity (Wildman–Crippen MR) is 78.8 cm³/mol. The van der Waals surface area contributed by atoms with Crippen molar-refractivity contribution in [3.05, 3.63) is 0 Å². The summed E-state index contributed by atoms with van der Waals surface area (Å²) in [6, 6.07) is 0. The molecule has 0 bridgehead atoms. The summed E-state index contributed by atoms with van der Waals surface area (Å²) in [7, 11) is 0. The third-order valence-electron chi connectivity index (χ3n) is 4.85. The van der Waals surface area contributed by atoms with Crippen molar-refractivity contribution in [3.63, 3.8) is 0 Å². The molecule has 0 saturated heterocycles. The van der Waals surface area contributed by atoms with E-state index in [1.54, 1.807) is 0 Å². The summed E-state index contributed by atoms with van der Waals surface area (Å²) >= 11 is 2.11. The lowest BCUT2D eigenvalue weighted by atomic mass is 9.88. The van der Waals surface area contributed by atoms with Crippen molar-refractivity contribution in [2.24, 2.45) is 5.92 Å². The SMILES string of the molecule is CSC1(CNCCC2CCCC2)CCCCC1. The van der Waals surface area contributed by atoms with E-state index >= 15 is 0 Å². The lowest BCUT2D eigenvalue weighted by Crippen LogP contribution is -2.39. The molecule has 0 atom stereocenters. The Hall–Kier alpha value is 0.310. The van der Waals surface area contributed by atoms with E-state index in [9.17, 15) is 0 Å². The van der Waals surface area contributed by atoms with Crippen LogP contribution in [0.25, 0.3) is 0 Å². The smallest absolute Gasteiger partial charge is 0.0281 e. The monoisotopic (exact) mass is 255 g/mol. The van der Waals surface area contributed by atoms with Gasteiger partial charge in [-0.1, -0.05) is 44.9 Å². The van der Waals surface area contributed by atoms with Crippen LogP contribution >= 0.6 is 11.8 Å². The molecule has 17 heavy (non-hydrogen) atoms. The van der Waals surface area contributed by atoms with Crippen molar-refractivity contribution in [1.82, 2.24) is 5.32 Å². The van der Waals surface area contributed by atoms with Gasteiger partial charge in [-0.3, -0.25) is 0 Å². The van der Waals surface area contributed by atoms with Crippen molar-refractivity contribution in [2.45, 2.75) is 69.0 Å². The molecule has 2 aliphatic carbocycles. The molecule has 2 saturated carbocycles. The lowest BCUT2D eigenvalue weighted by Gasteiger charge is -2.36. The van der Waals surface area contributed by atoms with Crippen LogP contribution in [0, 0.1) is 5.92 Å². The maximum absolute atomic E-state index is 3.75. The average molecular weight is 255 g/mol. The van der Waals surface area contributed by atoms with Crippen molar-refractivity contribution >= 4 is 11.8 Å². The molecule has 0 spiro atoms. The second-order valence-corrected chi connectivity index (χ2v) is 7.34. The number of rotatable bonds is 6. The fourth-order valence-electron chi connectivity index (χ4n) is 3.57. The van der Waals surface area contributed by atoms with Gasteiger partial charge in [0.15, 0.2) is 0 Å². The topological polar surface area (TPSA) is 12.0 Å². The van der Waals surface area contributed by atoms with Crippen LogP contribution in [0.3, 0.4) is 0 Å². The normalized spacial score (nSPS) is 25.2. The molecule has 1 nitrogen and oxygen atoms in total. The van der Waals surface area contributed by atoms with Gasteiger partial charge >= 0.3 is 0 Å². The van der Waals surface area contributed by atoms with Crippen LogP contribution in [-0.2, 0) is 0 Å². The van der Waals surface area contributed by atoms with Gasteiger partial charge in [0, 0.05) is 11.3 Å². The second-order valence-electron chi connectivity index (χ2n) is 6.06. The van der Waals surface area contributed by atoms with Gasteiger partial charge in [0.05, 0.1) is 0 Å². The molecule has 0 radical (unpaired) electrons. The summed E-state index contributed by atoms with van der Waals surface area (Å²) in [6.07, 6.45) is 16.9. The highest BCUT2D eigenvalue weighted by atomic mass is 32.2. The number of hydrogen-bond acceptors (Lipinski definition) is 2. The fourth-order valence-corrected chi connectivity index (χ4v) is 4.51. The average Bonchev–Trinajstić information content (AvgIpc) is 2.89. The Bertz CT molecular complexity index is 205. The van der Waals surface area contributed by atoms with Crippen LogP contribution < -0.4 is 5.32 Å². The minimum atomic E-state index is 0.577. The minimum absolute atomic E-state index is 0.577. The quantitative estimate of drug-likeness (QED) is 0.713. The van der Waals surface area contributed by atoms with E-state index in [0.717, 1.165) is 5.92 Å². The number of nitrogens with one attached hydrogen (secondary N) is 1. The van der Waals surface area contributed by atoms with Gasteiger partial charge in [0.1, 0.15) is 0 Å². The van der Waals surface area contributed by atoms with E-state index in [0.29, 0.717) is 4.75 Å². The first-order chi connectivity index (χ1) is 8.35. The Morgan fingerprint density at radius 2 is 1.76 bits per heavy atom. The predicted octanol–water partition coefficient (Wildman–Crippen LogP) is 4.22. The first-order valence-electron chi connectivity index (χ1n) is 7.60. The second kappa shape index (κ2) is 7.04. The Balaban J connectivity index is 1.61. The van der Waals surface area contributed by atoms with E-state index in [1.165, 1.54) is 77.3 Å². The van der Waals surface area contributed by atoms with Crippen molar-refractivity contribution < 1.29 is 0 Å². The maximum atomic E-state index is 3.75. The standard InChI is InChI=1S/C15H29NS/c1-17-15(10-5-2-6-11-15)13-16-12-9-14-7-3-4-8-14/h14,16H,2-13H2,1H3. The minimum Gasteiger partial charge on any atom is -0.315 e. The largest absolute Gasteiger partial charge is 0.315 e. The molecule has 0 aromatic carbocycles. The zero-order valence-electron chi connectivity index (χ0n) is 11.5. The third kappa shape index (κ3) is 4.17. The first-order valence-corrected chi connectivity index (χ1v) is 8.83. The number of thioether (sulfide) groups is 1. The van der Waals surface area contributed by atoms with Gasteiger partial charge in [-0.15, -0.1) is 0 Å². The molecule has 0 heterocycles. The van der Waals surface area contributed by atoms with E-state index in [2.05, 4.69) is 23.3 Å². The zero-order chi connectivity index (χ0) is 12.0. The number of hydrogen-bond donors (Lipinski definition) is 1. The molecule has 0 aromatic rings. The van der Waals surface area contributed by atoms with Crippen LogP contribution in [0.1, 0.15) is 64.2 Å². The molecule has 0 aliphatic heterocycles. The maximum Gasteiger partial charge on any atom is 0.0281 e. The van der Waals surface area contributed by atoms with E-state index in [4.69, 9.17) is 0 Å². The Morgan fingerprint density at radius 3 is 2.41 bits per heavy atom. The van der Waals surface area contributed by atoms with Crippen LogP contribution in [0.2, 0.25) is 0 Å². The molecular formula is C15H29NS. The molecule has 2 fully saturated rings. The van der Waals surface area contributed by atoms with E-state index in [1.807, 2.05) is 0 Å². The van der Waals surface area contributed by atoms with Gasteiger partial charge in [-0.25, -0.2) is 0 Å². The molecule has 100 valence electrons. The molecule has 1 N–H and O–H groups in total. The summed E-state index contributed by atoms with van der Waals surface area (Å²) in [4.78, 5) is 0. The molecular weight excluding hydrogens is 226 g/mol. The summed E-state index contributed by atoms with van der Waals surface area (Å²) in [6.45, 7) is 2.51. The Kier molecular flexibility index (Phi) is 5.68. The molecule has 2 aliphatic rings. The van der Waals surface area contributed by atoms with Gasteiger partial charge < -0.3 is 5.32 Å². The highest BCUT2D eigenvalue weighted by Crippen LogP contribution is 2.38. The molecule has 2 heteroatoms. The Labute approximate surface area is 112 Å². The van der Waals surface area contributed by atoms with Crippen molar-refractivity contribution in [2.75, 3.05) is 19.3 Å². The lowest BCUT2D eigenvalue weighted by molar-refractivity contribution is 0.371. The third-order valence-corrected chi connectivity index (χ3v) is 6.27. The molecule has 2 rings (SSSR count). The van der Waals surface area contributed by atoms with Crippen LogP contribution in [0.4, 0.5) is 0 Å². The zero-order valence-corrected chi connectivity index (χ0v) is 12.3. The summed E-state index contributed by atoms with van der Waals surface area (Å²) in [5, 5.41) is 3.75. The van der Waals surface area contributed by atoms with Gasteiger partial charge in [0.25, 0.3) is 0 Å². The van der Waals surface area contributed by atoms with Crippen LogP contribution in [0.15, 0.2) is 0 Å².